The van der Waals surface area contributed by atoms with Gasteiger partial charge in [0.15, 0.2) is 0 Å². The molecule has 1 aliphatic rings. The molecule has 1 fully saturated rings. The van der Waals surface area contributed by atoms with E-state index < -0.39 is 0 Å². The lowest BCUT2D eigenvalue weighted by Gasteiger charge is -2.30. The van der Waals surface area contributed by atoms with Crippen LogP contribution >= 0.6 is 11.6 Å². The average Bonchev–Trinajstić information content (AvgIpc) is 2.69. The minimum atomic E-state index is -0.226. The lowest BCUT2D eigenvalue weighted by Crippen LogP contribution is -2.46. The summed E-state index contributed by atoms with van der Waals surface area (Å²) in [5, 5.41) is 13.5. The number of hydrogen-bond acceptors (Lipinski definition) is 3. The quantitative estimate of drug-likeness (QED) is 0.792. The van der Waals surface area contributed by atoms with E-state index in [0.717, 1.165) is 43.2 Å². The minimum absolute atomic E-state index is 0.0536. The second-order valence-corrected chi connectivity index (χ2v) is 7.54. The smallest absolute Gasteiger partial charge is 0.317 e. The highest BCUT2D eigenvalue weighted by Gasteiger charge is 2.23. The molecule has 2 amide bonds. The molecule has 0 spiro atoms. The molecule has 6 heteroatoms. The second kappa shape index (κ2) is 9.72. The Morgan fingerprint density at radius 1 is 1.07 bits per heavy atom. The lowest BCUT2D eigenvalue weighted by atomic mass is 9.93. The van der Waals surface area contributed by atoms with Gasteiger partial charge in [-0.15, -0.1) is 0 Å². The van der Waals surface area contributed by atoms with Gasteiger partial charge in [0, 0.05) is 36.5 Å². The summed E-state index contributed by atoms with van der Waals surface area (Å²) in [7, 11) is 0. The molecule has 1 heterocycles. The fourth-order valence-electron chi connectivity index (χ4n) is 3.36. The van der Waals surface area contributed by atoms with Gasteiger partial charge in [0.25, 0.3) is 0 Å². The highest BCUT2D eigenvalue weighted by atomic mass is 35.5. The first-order valence-corrected chi connectivity index (χ1v) is 9.85. The van der Waals surface area contributed by atoms with E-state index in [1.54, 1.807) is 12.4 Å². The first-order chi connectivity index (χ1) is 13.1. The predicted molar refractivity (Wildman–Crippen MR) is 107 cm³/mol. The van der Waals surface area contributed by atoms with Crippen molar-refractivity contribution in [1.82, 2.24) is 15.2 Å². The lowest BCUT2D eigenvalue weighted by molar-refractivity contribution is 0.115. The van der Waals surface area contributed by atoms with Gasteiger partial charge in [0.2, 0.25) is 0 Å². The molecule has 0 radical (unpaired) electrons. The summed E-state index contributed by atoms with van der Waals surface area (Å²) in [6.45, 7) is 1.16. The Hall–Kier alpha value is -2.11. The molecule has 1 saturated carbocycles. The first kappa shape index (κ1) is 19.6. The standard InChI is InChI=1S/C21H26ClN3O2/c22-18-3-1-16(2-4-18)11-14-25(15-17-9-12-23-13-10-17)21(27)24-19-5-7-20(26)8-6-19/h1-4,9-10,12-13,19-20,26H,5-8,11,14-15H2,(H,24,27). The Morgan fingerprint density at radius 2 is 1.74 bits per heavy atom. The zero-order chi connectivity index (χ0) is 19.1. The molecule has 3 rings (SSSR count). The van der Waals surface area contributed by atoms with E-state index >= 15 is 0 Å². The summed E-state index contributed by atoms with van der Waals surface area (Å²) in [4.78, 5) is 18.8. The van der Waals surface area contributed by atoms with E-state index in [9.17, 15) is 9.90 Å². The number of pyridine rings is 1. The number of aromatic nitrogens is 1. The molecule has 0 unspecified atom stereocenters. The Morgan fingerprint density at radius 3 is 2.41 bits per heavy atom. The zero-order valence-corrected chi connectivity index (χ0v) is 16.1. The van der Waals surface area contributed by atoms with Crippen molar-refractivity contribution < 1.29 is 9.90 Å². The third-order valence-corrected chi connectivity index (χ3v) is 5.27. The monoisotopic (exact) mass is 387 g/mol. The highest BCUT2D eigenvalue weighted by Crippen LogP contribution is 2.19. The summed E-state index contributed by atoms with van der Waals surface area (Å²) in [6.07, 6.45) is 7.18. The number of nitrogens with zero attached hydrogens (tertiary/aromatic N) is 2. The Kier molecular flexibility index (Phi) is 7.07. The number of carbonyl (C=O) groups is 1. The molecule has 0 bridgehead atoms. The van der Waals surface area contributed by atoms with Gasteiger partial charge < -0.3 is 15.3 Å². The van der Waals surface area contributed by atoms with Crippen LogP contribution in [0, 0.1) is 0 Å². The van der Waals surface area contributed by atoms with E-state index in [4.69, 9.17) is 11.6 Å². The van der Waals surface area contributed by atoms with Crippen molar-refractivity contribution in [3.05, 3.63) is 64.9 Å². The molecule has 144 valence electrons. The Balaban J connectivity index is 1.62. The van der Waals surface area contributed by atoms with Gasteiger partial charge in [-0.25, -0.2) is 4.79 Å². The van der Waals surface area contributed by atoms with Gasteiger partial charge in [-0.1, -0.05) is 23.7 Å². The third kappa shape index (κ3) is 6.22. The van der Waals surface area contributed by atoms with Crippen LogP contribution in [0.4, 0.5) is 4.79 Å². The molecule has 0 aliphatic heterocycles. The molecule has 5 nitrogen and oxygen atoms in total. The van der Waals surface area contributed by atoms with Crippen molar-refractivity contribution in [2.24, 2.45) is 0 Å². The largest absolute Gasteiger partial charge is 0.393 e. The highest BCUT2D eigenvalue weighted by molar-refractivity contribution is 6.30. The fourth-order valence-corrected chi connectivity index (χ4v) is 3.49. The van der Waals surface area contributed by atoms with Crippen LogP contribution in [0.25, 0.3) is 0 Å². The van der Waals surface area contributed by atoms with Gasteiger partial charge in [-0.3, -0.25) is 4.98 Å². The molecule has 2 aromatic rings. The minimum Gasteiger partial charge on any atom is -0.393 e. The normalized spacial score (nSPS) is 19.5. The molecule has 27 heavy (non-hydrogen) atoms. The maximum atomic E-state index is 12.9. The third-order valence-electron chi connectivity index (χ3n) is 5.02. The van der Waals surface area contributed by atoms with E-state index in [2.05, 4.69) is 10.3 Å². The number of hydrogen-bond donors (Lipinski definition) is 2. The van der Waals surface area contributed by atoms with Crippen LogP contribution in [0.2, 0.25) is 5.02 Å². The molecular formula is C21H26ClN3O2. The maximum absolute atomic E-state index is 12.9. The first-order valence-electron chi connectivity index (χ1n) is 9.47. The van der Waals surface area contributed by atoms with E-state index in [-0.39, 0.29) is 18.2 Å². The number of aliphatic hydroxyl groups is 1. The average molecular weight is 388 g/mol. The molecule has 2 N–H and O–H groups in total. The van der Waals surface area contributed by atoms with Gasteiger partial charge in [0.05, 0.1) is 6.10 Å². The van der Waals surface area contributed by atoms with E-state index in [1.165, 1.54) is 0 Å². The number of rotatable bonds is 6. The number of carbonyl (C=O) groups excluding carboxylic acids is 1. The number of amides is 2. The second-order valence-electron chi connectivity index (χ2n) is 7.11. The molecule has 1 aliphatic carbocycles. The molecule has 0 saturated heterocycles. The van der Waals surface area contributed by atoms with Crippen molar-refractivity contribution in [2.75, 3.05) is 6.54 Å². The Bertz CT molecular complexity index is 716. The number of benzene rings is 1. The SMILES string of the molecule is O=C(NC1CCC(O)CC1)N(CCc1ccc(Cl)cc1)Cc1ccncc1. The zero-order valence-electron chi connectivity index (χ0n) is 15.4. The summed E-state index contributed by atoms with van der Waals surface area (Å²) >= 11 is 5.95. The van der Waals surface area contributed by atoms with Gasteiger partial charge in [-0.2, -0.15) is 0 Å². The van der Waals surface area contributed by atoms with Gasteiger partial charge >= 0.3 is 6.03 Å². The van der Waals surface area contributed by atoms with Crippen LogP contribution in [0.15, 0.2) is 48.8 Å². The molecule has 1 aromatic heterocycles. The van der Waals surface area contributed by atoms with Gasteiger partial charge in [-0.05, 0) is 67.5 Å². The summed E-state index contributed by atoms with van der Waals surface area (Å²) in [6, 6.07) is 11.7. The predicted octanol–water partition coefficient (Wildman–Crippen LogP) is 3.79. The van der Waals surface area contributed by atoms with Crippen molar-refractivity contribution in [1.29, 1.82) is 0 Å². The van der Waals surface area contributed by atoms with Crippen LogP contribution in [-0.4, -0.2) is 39.7 Å². The van der Waals surface area contributed by atoms with Crippen LogP contribution in [-0.2, 0) is 13.0 Å². The van der Waals surface area contributed by atoms with Crippen molar-refractivity contribution >= 4 is 17.6 Å². The summed E-state index contributed by atoms with van der Waals surface area (Å²) in [5.74, 6) is 0. The molecular weight excluding hydrogens is 362 g/mol. The Labute approximate surface area is 165 Å². The van der Waals surface area contributed by atoms with Crippen molar-refractivity contribution in [3.8, 4) is 0 Å². The number of aliphatic hydroxyl groups excluding tert-OH is 1. The van der Waals surface area contributed by atoms with Gasteiger partial charge in [0.1, 0.15) is 0 Å². The number of halogens is 1. The topological polar surface area (TPSA) is 65.5 Å². The number of urea groups is 1. The van der Waals surface area contributed by atoms with Crippen molar-refractivity contribution in [3.63, 3.8) is 0 Å². The fraction of sp³-hybridized carbons (Fsp3) is 0.429. The van der Waals surface area contributed by atoms with Crippen LogP contribution in [0.3, 0.4) is 0 Å². The van der Waals surface area contributed by atoms with Crippen LogP contribution in [0.1, 0.15) is 36.8 Å². The van der Waals surface area contributed by atoms with E-state index in [1.807, 2.05) is 41.3 Å². The van der Waals surface area contributed by atoms with Crippen LogP contribution < -0.4 is 5.32 Å². The summed E-state index contributed by atoms with van der Waals surface area (Å²) in [5.41, 5.74) is 2.20. The van der Waals surface area contributed by atoms with Crippen LogP contribution in [0.5, 0.6) is 0 Å². The maximum Gasteiger partial charge on any atom is 0.317 e. The summed E-state index contributed by atoms with van der Waals surface area (Å²) < 4.78 is 0. The molecule has 0 atom stereocenters. The number of nitrogens with one attached hydrogen (secondary N) is 1. The van der Waals surface area contributed by atoms with E-state index in [0.29, 0.717) is 18.1 Å². The van der Waals surface area contributed by atoms with Crippen molar-refractivity contribution in [2.45, 2.75) is 50.8 Å². The molecule has 1 aromatic carbocycles.